The maximum atomic E-state index is 13.9. The van der Waals surface area contributed by atoms with Crippen molar-refractivity contribution in [2.45, 2.75) is 97.3 Å². The van der Waals surface area contributed by atoms with Crippen molar-refractivity contribution in [1.82, 2.24) is 10.6 Å². The molecular weight excluding hydrogens is 603 g/mol. The van der Waals surface area contributed by atoms with E-state index < -0.39 is 14.4 Å². The molecule has 0 aliphatic carbocycles. The first kappa shape index (κ1) is 36.2. The average molecular weight is 658 g/mol. The normalized spacial score (nSPS) is 17.4. The van der Waals surface area contributed by atoms with Crippen LogP contribution >= 0.6 is 0 Å². The number of carbonyl (C=O) groups is 2. The molecule has 3 aromatic rings. The lowest BCUT2D eigenvalue weighted by Gasteiger charge is -2.44. The van der Waals surface area contributed by atoms with E-state index in [0.717, 1.165) is 17.7 Å². The maximum Gasteiger partial charge on any atom is 0.407 e. The number of anilines is 1. The van der Waals surface area contributed by atoms with Crippen molar-refractivity contribution in [2.75, 3.05) is 25.2 Å². The largest absolute Gasteiger partial charge is 0.450 e. The number of hydrogen-bond donors (Lipinski definition) is 2. The van der Waals surface area contributed by atoms with Gasteiger partial charge in [-0.2, -0.15) is 0 Å². The number of benzene rings is 3. The Bertz CT molecular complexity index is 1440. The van der Waals surface area contributed by atoms with Crippen LogP contribution in [-0.4, -0.2) is 58.2 Å². The lowest BCUT2D eigenvalue weighted by Crippen LogP contribution is -2.67. The Balaban J connectivity index is 1.61. The van der Waals surface area contributed by atoms with Gasteiger partial charge >= 0.3 is 6.09 Å². The van der Waals surface area contributed by atoms with Crippen molar-refractivity contribution in [2.24, 2.45) is 5.92 Å². The first-order chi connectivity index (χ1) is 22.1. The van der Waals surface area contributed by atoms with Gasteiger partial charge in [0.25, 0.3) is 8.32 Å². The first-order valence-electron chi connectivity index (χ1n) is 17.0. The smallest absolute Gasteiger partial charge is 0.407 e. The fourth-order valence-corrected chi connectivity index (χ4v) is 11.4. The van der Waals surface area contributed by atoms with Gasteiger partial charge < -0.3 is 24.7 Å². The number of alkyl carbamates (subject to hydrolysis) is 1. The summed E-state index contributed by atoms with van der Waals surface area (Å²) in [4.78, 5) is 28.1. The summed E-state index contributed by atoms with van der Waals surface area (Å²) in [5.74, 6) is 0.121. The van der Waals surface area contributed by atoms with E-state index in [4.69, 9.17) is 9.16 Å². The Kier molecular flexibility index (Phi) is 11.6. The maximum absolute atomic E-state index is 13.9. The SMILES string of the molecule is CC(C)[C@H]1C(=O)N[C@H](CO[Si](c2ccccc2)(c2ccccc2)C(C)(C)C)Cc2ccc(CCCOC(=O)NC(C)(C)C)cc2N1C. The second-order valence-electron chi connectivity index (χ2n) is 15.3. The van der Waals surface area contributed by atoms with E-state index in [2.05, 4.69) is 129 Å². The molecule has 7 nitrogen and oxygen atoms in total. The predicted molar refractivity (Wildman–Crippen MR) is 195 cm³/mol. The monoisotopic (exact) mass is 657 g/mol. The molecule has 2 N–H and O–H groups in total. The molecule has 3 aromatic carbocycles. The fraction of sp³-hybridized carbons (Fsp3) is 0.487. The number of rotatable bonds is 10. The third-order valence-corrected chi connectivity index (χ3v) is 13.9. The van der Waals surface area contributed by atoms with E-state index in [0.29, 0.717) is 26.1 Å². The molecule has 8 heteroatoms. The van der Waals surface area contributed by atoms with Crippen LogP contribution in [0.25, 0.3) is 0 Å². The minimum Gasteiger partial charge on any atom is -0.450 e. The molecule has 0 fully saturated rings. The van der Waals surface area contributed by atoms with Crippen molar-refractivity contribution in [3.63, 3.8) is 0 Å². The predicted octanol–water partition coefficient (Wildman–Crippen LogP) is 6.22. The van der Waals surface area contributed by atoms with Gasteiger partial charge in [-0.1, -0.05) is 107 Å². The van der Waals surface area contributed by atoms with Gasteiger partial charge in [-0.15, -0.1) is 0 Å². The second kappa shape index (κ2) is 15.1. The molecular formula is C39H55N3O4Si. The summed E-state index contributed by atoms with van der Waals surface area (Å²) in [6.45, 7) is 17.6. The minimum atomic E-state index is -2.78. The number of fused-ring (bicyclic) bond motifs is 1. The minimum absolute atomic E-state index is 0.0212. The Labute approximate surface area is 283 Å². The number of ether oxygens (including phenoxy) is 1. The zero-order valence-corrected chi connectivity index (χ0v) is 30.9. The highest BCUT2D eigenvalue weighted by atomic mass is 28.4. The standard InChI is InChI=1S/C39H55N3O4Si/c1-28(2)35-36(43)40-31(27-46-47(39(6,7)8,32-18-12-10-13-19-32)33-20-14-11-15-21-33)26-30-23-22-29(25-34(30)42(35)9)17-16-24-45-37(44)41-38(3,4)5/h10-15,18-23,25,28,31,35H,16-17,24,26-27H2,1-9H3,(H,40,43)(H,41,44)/t31-,35-/m0/s1. The highest BCUT2D eigenvalue weighted by molar-refractivity contribution is 6.99. The Hall–Kier alpha value is -3.62. The summed E-state index contributed by atoms with van der Waals surface area (Å²) in [6.07, 6.45) is 1.74. The molecule has 2 atom stereocenters. The van der Waals surface area contributed by atoms with Crippen molar-refractivity contribution in [1.29, 1.82) is 0 Å². The van der Waals surface area contributed by atoms with Gasteiger partial charge in [0.2, 0.25) is 5.91 Å². The summed E-state index contributed by atoms with van der Waals surface area (Å²) >= 11 is 0. The van der Waals surface area contributed by atoms with Gasteiger partial charge in [-0.3, -0.25) is 4.79 Å². The highest BCUT2D eigenvalue weighted by Gasteiger charge is 2.50. The molecule has 0 saturated heterocycles. The number of aryl methyl sites for hydroxylation is 1. The summed E-state index contributed by atoms with van der Waals surface area (Å²) in [6, 6.07) is 27.3. The summed E-state index contributed by atoms with van der Waals surface area (Å²) in [5, 5.41) is 8.51. The molecule has 0 radical (unpaired) electrons. The number of nitrogens with zero attached hydrogens (tertiary/aromatic N) is 1. The quantitative estimate of drug-likeness (QED) is 0.200. The van der Waals surface area contributed by atoms with Crippen molar-refractivity contribution >= 4 is 36.4 Å². The van der Waals surface area contributed by atoms with Crippen molar-refractivity contribution in [3.8, 4) is 0 Å². The van der Waals surface area contributed by atoms with Crippen molar-refractivity contribution in [3.05, 3.63) is 90.0 Å². The van der Waals surface area contributed by atoms with E-state index in [1.165, 1.54) is 15.9 Å². The van der Waals surface area contributed by atoms with Gasteiger partial charge in [-0.25, -0.2) is 4.79 Å². The second-order valence-corrected chi connectivity index (χ2v) is 19.6. The van der Waals surface area contributed by atoms with E-state index >= 15 is 0 Å². The third kappa shape index (κ3) is 8.85. The summed E-state index contributed by atoms with van der Waals surface area (Å²) < 4.78 is 12.7. The fourth-order valence-electron chi connectivity index (χ4n) is 6.82. The molecule has 1 aliphatic heterocycles. The average Bonchev–Trinajstić information content (AvgIpc) is 2.99. The lowest BCUT2D eigenvalue weighted by molar-refractivity contribution is -0.124. The van der Waals surface area contributed by atoms with Crippen LogP contribution in [0.4, 0.5) is 10.5 Å². The molecule has 1 aliphatic rings. The van der Waals surface area contributed by atoms with Crippen LogP contribution in [0.2, 0.25) is 5.04 Å². The zero-order chi connectivity index (χ0) is 34.4. The molecule has 2 amide bonds. The van der Waals surface area contributed by atoms with Gasteiger partial charge in [0.1, 0.15) is 6.04 Å². The molecule has 0 bridgehead atoms. The number of likely N-dealkylation sites (N-methyl/N-ethyl adjacent to an activating group) is 1. The van der Waals surface area contributed by atoms with E-state index in [1.54, 1.807) is 0 Å². The summed E-state index contributed by atoms with van der Waals surface area (Å²) in [5.41, 5.74) is 3.06. The highest BCUT2D eigenvalue weighted by Crippen LogP contribution is 2.37. The third-order valence-electron chi connectivity index (χ3n) is 8.90. The Morgan fingerprint density at radius 1 is 0.957 bits per heavy atom. The first-order valence-corrected chi connectivity index (χ1v) is 18.9. The summed E-state index contributed by atoms with van der Waals surface area (Å²) in [7, 11) is -0.760. The molecule has 1 heterocycles. The Morgan fingerprint density at radius 2 is 1.55 bits per heavy atom. The number of carbonyl (C=O) groups excluding carboxylic acids is 2. The topological polar surface area (TPSA) is 79.9 Å². The molecule has 254 valence electrons. The molecule has 4 rings (SSSR count). The number of nitrogens with one attached hydrogen (secondary N) is 2. The van der Waals surface area contributed by atoms with Crippen LogP contribution in [0, 0.1) is 5.92 Å². The molecule has 0 aromatic heterocycles. The van der Waals surface area contributed by atoms with Gasteiger partial charge in [0, 0.05) is 18.3 Å². The van der Waals surface area contributed by atoms with Crippen LogP contribution in [0.15, 0.2) is 78.9 Å². The van der Waals surface area contributed by atoms with Gasteiger partial charge in [0.05, 0.1) is 19.3 Å². The molecule has 0 spiro atoms. The van der Waals surface area contributed by atoms with Crippen LogP contribution in [0.5, 0.6) is 0 Å². The van der Waals surface area contributed by atoms with Crippen LogP contribution in [-0.2, 0) is 26.8 Å². The molecule has 0 saturated carbocycles. The lowest BCUT2D eigenvalue weighted by atomic mass is 9.93. The van der Waals surface area contributed by atoms with Crippen LogP contribution < -0.4 is 25.9 Å². The molecule has 0 unspecified atom stereocenters. The Morgan fingerprint density at radius 3 is 2.09 bits per heavy atom. The van der Waals surface area contributed by atoms with Crippen LogP contribution in [0.1, 0.15) is 72.9 Å². The van der Waals surface area contributed by atoms with E-state index in [1.807, 2.05) is 27.8 Å². The van der Waals surface area contributed by atoms with Crippen molar-refractivity contribution < 1.29 is 18.8 Å². The van der Waals surface area contributed by atoms with Crippen LogP contribution in [0.3, 0.4) is 0 Å². The number of hydrogen-bond acceptors (Lipinski definition) is 5. The van der Waals surface area contributed by atoms with Gasteiger partial charge in [0.15, 0.2) is 0 Å². The van der Waals surface area contributed by atoms with E-state index in [-0.39, 0.29) is 34.5 Å². The molecule has 47 heavy (non-hydrogen) atoms. The number of amides is 2. The zero-order valence-electron chi connectivity index (χ0n) is 29.9. The van der Waals surface area contributed by atoms with Gasteiger partial charge in [-0.05, 0) is 78.6 Å². The van der Waals surface area contributed by atoms with E-state index in [9.17, 15) is 9.59 Å².